The number of β-amino-alcohol motifs (C(OH)–C–C–N with tert-alkyl or cyclic N) is 1. The molecule has 1 atom stereocenters. The molecule has 0 amide bonds. The molecule has 0 unspecified atom stereocenters. The molecule has 1 fully saturated rings. The molecule has 3 rings (SSSR count). The van der Waals surface area contributed by atoms with E-state index in [-0.39, 0.29) is 0 Å². The Kier molecular flexibility index (Phi) is 5.31. The minimum Gasteiger partial charge on any atom is -0.387 e. The number of hydrogen-bond acceptors (Lipinski definition) is 5. The molecule has 0 saturated carbocycles. The molecule has 6 heteroatoms. The summed E-state index contributed by atoms with van der Waals surface area (Å²) >= 11 is 5.88. The summed E-state index contributed by atoms with van der Waals surface area (Å²) in [5.74, 6) is 0.895. The molecule has 124 valence electrons. The maximum absolute atomic E-state index is 10.4. The Morgan fingerprint density at radius 1 is 1.12 bits per heavy atom. The third-order valence-electron chi connectivity index (χ3n) is 4.26. The Morgan fingerprint density at radius 2 is 1.83 bits per heavy atom. The summed E-state index contributed by atoms with van der Waals surface area (Å²) < 4.78 is 0. The third kappa shape index (κ3) is 4.04. The van der Waals surface area contributed by atoms with E-state index in [0.717, 1.165) is 37.6 Å². The van der Waals surface area contributed by atoms with Gasteiger partial charge in [-0.2, -0.15) is 5.26 Å². The van der Waals surface area contributed by atoms with Gasteiger partial charge in [-0.1, -0.05) is 23.7 Å². The van der Waals surface area contributed by atoms with Gasteiger partial charge in [-0.05, 0) is 29.8 Å². The highest BCUT2D eigenvalue weighted by Gasteiger charge is 2.20. The second-order valence-electron chi connectivity index (χ2n) is 5.87. The third-order valence-corrected chi connectivity index (χ3v) is 4.51. The summed E-state index contributed by atoms with van der Waals surface area (Å²) in [6.45, 7) is 4.05. The van der Waals surface area contributed by atoms with Crippen molar-refractivity contribution < 1.29 is 5.11 Å². The Bertz CT molecular complexity index is 703. The van der Waals surface area contributed by atoms with Crippen molar-refractivity contribution in [3.63, 3.8) is 0 Å². The number of rotatable bonds is 4. The molecule has 5 nitrogen and oxygen atoms in total. The molecular formula is C18H19ClN4O. The maximum Gasteiger partial charge on any atom is 0.128 e. The van der Waals surface area contributed by atoms with Crippen molar-refractivity contribution in [2.75, 3.05) is 37.6 Å². The van der Waals surface area contributed by atoms with Crippen molar-refractivity contribution >= 4 is 17.4 Å². The van der Waals surface area contributed by atoms with Gasteiger partial charge in [0, 0.05) is 43.9 Å². The zero-order valence-corrected chi connectivity index (χ0v) is 14.0. The van der Waals surface area contributed by atoms with Crippen LogP contribution in [0.4, 0.5) is 5.82 Å². The Balaban J connectivity index is 1.53. The van der Waals surface area contributed by atoms with Crippen LogP contribution in [0.15, 0.2) is 42.6 Å². The van der Waals surface area contributed by atoms with E-state index in [1.807, 2.05) is 18.2 Å². The smallest absolute Gasteiger partial charge is 0.128 e. The first-order valence-corrected chi connectivity index (χ1v) is 8.30. The van der Waals surface area contributed by atoms with Gasteiger partial charge in [0.25, 0.3) is 0 Å². The van der Waals surface area contributed by atoms with Crippen LogP contribution in [0.3, 0.4) is 0 Å². The maximum atomic E-state index is 10.4. The highest BCUT2D eigenvalue weighted by atomic mass is 35.5. The Hall–Kier alpha value is -2.13. The van der Waals surface area contributed by atoms with Crippen LogP contribution in [0, 0.1) is 11.3 Å². The fourth-order valence-electron chi connectivity index (χ4n) is 2.83. The predicted octanol–water partition coefficient (Wildman–Crippen LogP) is 2.46. The van der Waals surface area contributed by atoms with Gasteiger partial charge in [0.15, 0.2) is 0 Å². The highest BCUT2D eigenvalue weighted by molar-refractivity contribution is 6.30. The van der Waals surface area contributed by atoms with Crippen LogP contribution in [0.2, 0.25) is 5.02 Å². The summed E-state index contributed by atoms with van der Waals surface area (Å²) in [6.07, 6.45) is 1.09. The number of piperazine rings is 1. The molecule has 1 N–H and O–H groups in total. The number of pyridine rings is 1. The van der Waals surface area contributed by atoms with E-state index in [1.165, 1.54) is 0 Å². The summed E-state index contributed by atoms with van der Waals surface area (Å²) in [7, 11) is 0. The van der Waals surface area contributed by atoms with E-state index in [2.05, 4.69) is 20.9 Å². The summed E-state index contributed by atoms with van der Waals surface area (Å²) in [5, 5.41) is 19.9. The zero-order chi connectivity index (χ0) is 16.9. The molecule has 1 aliphatic heterocycles. The molecule has 0 bridgehead atoms. The van der Waals surface area contributed by atoms with Gasteiger partial charge in [-0.3, -0.25) is 4.90 Å². The number of hydrogen-bond donors (Lipinski definition) is 1. The van der Waals surface area contributed by atoms with Gasteiger partial charge in [0.1, 0.15) is 11.9 Å². The fourth-order valence-corrected chi connectivity index (χ4v) is 2.96. The van der Waals surface area contributed by atoms with E-state index in [1.54, 1.807) is 24.4 Å². The average Bonchev–Trinajstić information content (AvgIpc) is 2.63. The van der Waals surface area contributed by atoms with E-state index in [0.29, 0.717) is 17.1 Å². The van der Waals surface area contributed by atoms with Gasteiger partial charge >= 0.3 is 0 Å². The molecule has 1 aromatic carbocycles. The standard InChI is InChI=1S/C18H19ClN4O/c19-16-4-2-15(3-5-16)17(24)13-22-7-9-23(10-8-22)18-6-1-14(11-20)12-21-18/h1-6,12,17,24H,7-10,13H2/t17-/m1/s1. The van der Waals surface area contributed by atoms with Crippen LogP contribution in [-0.4, -0.2) is 47.7 Å². The van der Waals surface area contributed by atoms with Gasteiger partial charge in [0.05, 0.1) is 11.7 Å². The minimum atomic E-state index is -0.512. The van der Waals surface area contributed by atoms with Crippen molar-refractivity contribution in [2.24, 2.45) is 0 Å². The quantitative estimate of drug-likeness (QED) is 0.924. The number of nitriles is 1. The van der Waals surface area contributed by atoms with Crippen LogP contribution in [-0.2, 0) is 0 Å². The van der Waals surface area contributed by atoms with E-state index >= 15 is 0 Å². The Labute approximate surface area is 146 Å². The number of benzene rings is 1. The normalized spacial score (nSPS) is 16.6. The molecule has 2 aromatic rings. The van der Waals surface area contributed by atoms with Crippen molar-refractivity contribution in [3.8, 4) is 6.07 Å². The number of aliphatic hydroxyl groups is 1. The lowest BCUT2D eigenvalue weighted by Crippen LogP contribution is -2.47. The van der Waals surface area contributed by atoms with Crippen LogP contribution >= 0.6 is 11.6 Å². The van der Waals surface area contributed by atoms with Crippen LogP contribution < -0.4 is 4.90 Å². The fraction of sp³-hybridized carbons (Fsp3) is 0.333. The monoisotopic (exact) mass is 342 g/mol. The lowest BCUT2D eigenvalue weighted by molar-refractivity contribution is 0.109. The molecule has 2 heterocycles. The molecule has 1 saturated heterocycles. The van der Waals surface area contributed by atoms with Crippen LogP contribution in [0.5, 0.6) is 0 Å². The van der Waals surface area contributed by atoms with Crippen molar-refractivity contribution in [3.05, 3.63) is 58.7 Å². The molecule has 1 aliphatic rings. The topological polar surface area (TPSA) is 63.4 Å². The predicted molar refractivity (Wildman–Crippen MR) is 94.0 cm³/mol. The first kappa shape index (κ1) is 16.7. The second kappa shape index (κ2) is 7.63. The Morgan fingerprint density at radius 3 is 2.42 bits per heavy atom. The molecule has 1 aromatic heterocycles. The van der Waals surface area contributed by atoms with Gasteiger partial charge in [0.2, 0.25) is 0 Å². The zero-order valence-electron chi connectivity index (χ0n) is 13.3. The largest absolute Gasteiger partial charge is 0.387 e. The lowest BCUT2D eigenvalue weighted by Gasteiger charge is -2.36. The summed E-state index contributed by atoms with van der Waals surface area (Å²) in [6, 6.07) is 13.1. The number of nitrogens with zero attached hydrogens (tertiary/aromatic N) is 4. The van der Waals surface area contributed by atoms with Crippen LogP contribution in [0.1, 0.15) is 17.2 Å². The molecule has 0 spiro atoms. The molecular weight excluding hydrogens is 324 g/mol. The molecule has 24 heavy (non-hydrogen) atoms. The molecule has 0 aliphatic carbocycles. The summed E-state index contributed by atoms with van der Waals surface area (Å²) in [5.41, 5.74) is 1.46. The summed E-state index contributed by atoms with van der Waals surface area (Å²) in [4.78, 5) is 8.79. The van der Waals surface area contributed by atoms with E-state index in [9.17, 15) is 5.11 Å². The number of aliphatic hydroxyl groups excluding tert-OH is 1. The minimum absolute atomic E-state index is 0.512. The van der Waals surface area contributed by atoms with Crippen molar-refractivity contribution in [1.29, 1.82) is 5.26 Å². The number of anilines is 1. The van der Waals surface area contributed by atoms with Crippen molar-refractivity contribution in [1.82, 2.24) is 9.88 Å². The first-order chi connectivity index (χ1) is 11.7. The number of halogens is 1. The van der Waals surface area contributed by atoms with Crippen molar-refractivity contribution in [2.45, 2.75) is 6.10 Å². The van der Waals surface area contributed by atoms with E-state index < -0.39 is 6.10 Å². The first-order valence-electron chi connectivity index (χ1n) is 7.92. The van der Waals surface area contributed by atoms with Gasteiger partial charge < -0.3 is 10.0 Å². The van der Waals surface area contributed by atoms with Gasteiger partial charge in [-0.25, -0.2) is 4.98 Å². The lowest BCUT2D eigenvalue weighted by atomic mass is 10.1. The highest BCUT2D eigenvalue weighted by Crippen LogP contribution is 2.19. The average molecular weight is 343 g/mol. The van der Waals surface area contributed by atoms with Crippen LogP contribution in [0.25, 0.3) is 0 Å². The van der Waals surface area contributed by atoms with Gasteiger partial charge in [-0.15, -0.1) is 0 Å². The van der Waals surface area contributed by atoms with E-state index in [4.69, 9.17) is 16.9 Å². The molecule has 0 radical (unpaired) electrons. The SMILES string of the molecule is N#Cc1ccc(N2CCN(C[C@@H](O)c3ccc(Cl)cc3)CC2)nc1. The number of aromatic nitrogens is 1. The second-order valence-corrected chi connectivity index (χ2v) is 6.31.